The number of esters is 1. The van der Waals surface area contributed by atoms with Crippen molar-refractivity contribution in [3.05, 3.63) is 77.0 Å². The van der Waals surface area contributed by atoms with Crippen LogP contribution in [0.1, 0.15) is 40.0 Å². The minimum Gasteiger partial charge on any atom is -0.465 e. The Kier molecular flexibility index (Phi) is 7.91. The third kappa shape index (κ3) is 6.66. The molecule has 0 spiro atoms. The molecule has 1 atom stereocenters. The zero-order chi connectivity index (χ0) is 25.8. The molecule has 35 heavy (non-hydrogen) atoms. The number of ether oxygens (including phenoxy) is 1. The van der Waals surface area contributed by atoms with E-state index in [2.05, 4.69) is 15.6 Å². The summed E-state index contributed by atoms with van der Waals surface area (Å²) in [4.78, 5) is 28.8. The van der Waals surface area contributed by atoms with Crippen LogP contribution in [0.4, 0.5) is 11.5 Å². The summed E-state index contributed by atoms with van der Waals surface area (Å²) >= 11 is 0. The van der Waals surface area contributed by atoms with E-state index in [0.717, 1.165) is 34.1 Å². The van der Waals surface area contributed by atoms with Crippen LogP contribution in [0.2, 0.25) is 0 Å². The molecule has 0 aliphatic heterocycles. The smallest absolute Gasteiger partial charge is 0.338 e. The lowest BCUT2D eigenvalue weighted by Crippen LogP contribution is -2.23. The SMILES string of the molecule is COC(=O)c1ccc(C)cc1-c1ccc([C@@H](C)Nc2nccc(C)c2NC(=O)CS(C)(=O)=O)cc1. The van der Waals surface area contributed by atoms with E-state index in [1.54, 1.807) is 18.3 Å². The summed E-state index contributed by atoms with van der Waals surface area (Å²) in [5, 5.41) is 5.96. The summed E-state index contributed by atoms with van der Waals surface area (Å²) in [6, 6.07) is 14.9. The highest BCUT2D eigenvalue weighted by molar-refractivity contribution is 7.91. The first-order valence-electron chi connectivity index (χ1n) is 11.0. The number of hydrogen-bond donors (Lipinski definition) is 2. The second kappa shape index (κ2) is 10.7. The van der Waals surface area contributed by atoms with Crippen LogP contribution in [0, 0.1) is 13.8 Å². The molecule has 0 bridgehead atoms. The molecule has 8 nitrogen and oxygen atoms in total. The average Bonchev–Trinajstić information content (AvgIpc) is 2.79. The van der Waals surface area contributed by atoms with Crippen molar-refractivity contribution in [2.24, 2.45) is 0 Å². The molecule has 1 amide bonds. The van der Waals surface area contributed by atoms with Crippen LogP contribution in [0.3, 0.4) is 0 Å². The predicted molar refractivity (Wildman–Crippen MR) is 137 cm³/mol. The molecule has 1 aromatic heterocycles. The van der Waals surface area contributed by atoms with Crippen LogP contribution in [-0.4, -0.2) is 44.4 Å². The first-order chi connectivity index (χ1) is 16.5. The Morgan fingerprint density at radius 2 is 1.74 bits per heavy atom. The van der Waals surface area contributed by atoms with Gasteiger partial charge in [-0.05, 0) is 55.2 Å². The summed E-state index contributed by atoms with van der Waals surface area (Å²) in [7, 11) is -2.10. The molecular formula is C26H29N3O5S. The number of carbonyl (C=O) groups excluding carboxylic acids is 2. The molecule has 0 saturated heterocycles. The van der Waals surface area contributed by atoms with Crippen LogP contribution < -0.4 is 10.6 Å². The quantitative estimate of drug-likeness (QED) is 0.448. The number of methoxy groups -OCH3 is 1. The number of hydrogen-bond acceptors (Lipinski definition) is 7. The normalized spacial score (nSPS) is 12.0. The molecule has 184 valence electrons. The minimum atomic E-state index is -3.46. The Bertz CT molecular complexity index is 1350. The number of nitrogens with one attached hydrogen (secondary N) is 2. The third-order valence-electron chi connectivity index (χ3n) is 5.47. The average molecular weight is 496 g/mol. The van der Waals surface area contributed by atoms with E-state index in [4.69, 9.17) is 4.74 Å². The molecule has 0 unspecified atom stereocenters. The topological polar surface area (TPSA) is 114 Å². The van der Waals surface area contributed by atoms with E-state index in [1.165, 1.54) is 7.11 Å². The molecule has 1 heterocycles. The predicted octanol–water partition coefficient (Wildman–Crippen LogP) is 4.31. The van der Waals surface area contributed by atoms with Crippen molar-refractivity contribution < 1.29 is 22.7 Å². The zero-order valence-electron chi connectivity index (χ0n) is 20.4. The van der Waals surface area contributed by atoms with Gasteiger partial charge in [0.1, 0.15) is 5.75 Å². The number of carbonyl (C=O) groups is 2. The van der Waals surface area contributed by atoms with Gasteiger partial charge in [0.2, 0.25) is 5.91 Å². The number of amides is 1. The van der Waals surface area contributed by atoms with Crippen LogP contribution >= 0.6 is 0 Å². The van der Waals surface area contributed by atoms with Crippen molar-refractivity contribution in [2.45, 2.75) is 26.8 Å². The third-order valence-corrected chi connectivity index (χ3v) is 6.26. The van der Waals surface area contributed by atoms with Gasteiger partial charge in [0.05, 0.1) is 24.4 Å². The number of aromatic nitrogens is 1. The lowest BCUT2D eigenvalue weighted by atomic mass is 9.96. The van der Waals surface area contributed by atoms with Crippen molar-refractivity contribution in [2.75, 3.05) is 29.8 Å². The highest BCUT2D eigenvalue weighted by Crippen LogP contribution is 2.30. The number of rotatable bonds is 8. The summed E-state index contributed by atoms with van der Waals surface area (Å²) in [6.07, 6.45) is 2.63. The Balaban J connectivity index is 1.84. The monoisotopic (exact) mass is 495 g/mol. The van der Waals surface area contributed by atoms with Crippen LogP contribution in [0.25, 0.3) is 11.1 Å². The Hall–Kier alpha value is -3.72. The Morgan fingerprint density at radius 1 is 1.06 bits per heavy atom. The molecule has 0 radical (unpaired) electrons. The zero-order valence-corrected chi connectivity index (χ0v) is 21.2. The van der Waals surface area contributed by atoms with Crippen molar-refractivity contribution in [3.8, 4) is 11.1 Å². The minimum absolute atomic E-state index is 0.179. The largest absolute Gasteiger partial charge is 0.465 e. The van der Waals surface area contributed by atoms with Gasteiger partial charge in [0.25, 0.3) is 0 Å². The van der Waals surface area contributed by atoms with E-state index in [9.17, 15) is 18.0 Å². The number of pyridine rings is 1. The van der Waals surface area contributed by atoms with E-state index >= 15 is 0 Å². The van der Waals surface area contributed by atoms with Crippen molar-refractivity contribution in [3.63, 3.8) is 0 Å². The molecule has 0 aliphatic carbocycles. The molecule has 9 heteroatoms. The van der Waals surface area contributed by atoms with Gasteiger partial charge >= 0.3 is 5.97 Å². The molecule has 2 N–H and O–H groups in total. The number of nitrogens with zero attached hydrogens (tertiary/aromatic N) is 1. The maximum Gasteiger partial charge on any atom is 0.338 e. The fraction of sp³-hybridized carbons (Fsp3) is 0.269. The second-order valence-corrected chi connectivity index (χ2v) is 10.6. The van der Waals surface area contributed by atoms with Crippen LogP contribution in [0.15, 0.2) is 54.7 Å². The van der Waals surface area contributed by atoms with Crippen molar-refractivity contribution >= 4 is 33.2 Å². The highest BCUT2D eigenvalue weighted by Gasteiger charge is 2.18. The molecule has 0 aliphatic rings. The lowest BCUT2D eigenvalue weighted by Gasteiger charge is -2.19. The molecule has 3 rings (SSSR count). The van der Waals surface area contributed by atoms with E-state index in [1.807, 2.05) is 57.2 Å². The first-order valence-corrected chi connectivity index (χ1v) is 13.0. The first kappa shape index (κ1) is 25.9. The maximum absolute atomic E-state index is 12.2. The van der Waals surface area contributed by atoms with Crippen LogP contribution in [-0.2, 0) is 19.4 Å². The summed E-state index contributed by atoms with van der Waals surface area (Å²) in [5.41, 5.74) is 5.34. The Morgan fingerprint density at radius 3 is 2.37 bits per heavy atom. The number of anilines is 2. The number of benzene rings is 2. The fourth-order valence-electron chi connectivity index (χ4n) is 3.66. The molecular weight excluding hydrogens is 466 g/mol. The molecule has 2 aromatic carbocycles. The van der Waals surface area contributed by atoms with Crippen LogP contribution in [0.5, 0.6) is 0 Å². The molecule has 0 fully saturated rings. The van der Waals surface area contributed by atoms with Gasteiger partial charge in [-0.1, -0.05) is 42.0 Å². The summed E-state index contributed by atoms with van der Waals surface area (Å²) < 4.78 is 27.9. The van der Waals surface area contributed by atoms with Gasteiger partial charge in [-0.15, -0.1) is 0 Å². The maximum atomic E-state index is 12.2. The van der Waals surface area contributed by atoms with Gasteiger partial charge in [0.15, 0.2) is 15.7 Å². The number of sulfone groups is 1. The van der Waals surface area contributed by atoms with E-state index in [-0.39, 0.29) is 6.04 Å². The second-order valence-electron chi connectivity index (χ2n) is 8.50. The Labute approximate surface area is 205 Å². The van der Waals surface area contributed by atoms with Gasteiger partial charge < -0.3 is 15.4 Å². The highest BCUT2D eigenvalue weighted by atomic mass is 32.2. The van der Waals surface area contributed by atoms with Crippen molar-refractivity contribution in [1.82, 2.24) is 4.98 Å². The molecule has 0 saturated carbocycles. The van der Waals surface area contributed by atoms with Gasteiger partial charge in [-0.25, -0.2) is 18.2 Å². The summed E-state index contributed by atoms with van der Waals surface area (Å²) in [5.74, 6) is -1.18. The molecule has 3 aromatic rings. The standard InChI is InChI=1S/C26H29N3O5S/c1-16-6-11-21(26(31)34-4)22(14-16)20-9-7-19(8-10-20)18(3)28-25-24(17(2)12-13-27-25)29-23(30)15-35(5,32)33/h6-14,18H,15H2,1-5H3,(H,27,28)(H,29,30)/t18-/m1/s1. The van der Waals surface area contributed by atoms with E-state index in [0.29, 0.717) is 17.1 Å². The fourth-order valence-corrected chi connectivity index (χ4v) is 4.21. The summed E-state index contributed by atoms with van der Waals surface area (Å²) in [6.45, 7) is 5.73. The van der Waals surface area contributed by atoms with Gasteiger partial charge in [0, 0.05) is 12.5 Å². The van der Waals surface area contributed by atoms with Gasteiger partial charge in [-0.2, -0.15) is 0 Å². The number of aryl methyl sites for hydroxylation is 2. The van der Waals surface area contributed by atoms with Crippen molar-refractivity contribution in [1.29, 1.82) is 0 Å². The lowest BCUT2D eigenvalue weighted by molar-refractivity contribution is -0.113. The van der Waals surface area contributed by atoms with Gasteiger partial charge in [-0.3, -0.25) is 4.79 Å². The van der Waals surface area contributed by atoms with E-state index < -0.39 is 27.5 Å².